The van der Waals surface area contributed by atoms with Gasteiger partial charge in [0.05, 0.1) is 10.2 Å². The lowest BCUT2D eigenvalue weighted by Crippen LogP contribution is -2.15. The Hall–Kier alpha value is -1.95. The summed E-state index contributed by atoms with van der Waals surface area (Å²) in [5.41, 5.74) is 7.84. The predicted octanol–water partition coefficient (Wildman–Crippen LogP) is 3.66. The largest absolute Gasteiger partial charge is 0.326 e. The Labute approximate surface area is 130 Å². The van der Waals surface area contributed by atoms with Gasteiger partial charge in [-0.2, -0.15) is 0 Å². The average Bonchev–Trinajstić information content (AvgIpc) is 2.88. The number of hydrogen-bond donors (Lipinski definition) is 2. The number of carbonyl (C=O) groups is 1. The Morgan fingerprint density at radius 1 is 1.29 bits per heavy atom. The minimum atomic E-state index is -0.207. The fourth-order valence-electron chi connectivity index (χ4n) is 2.04. The summed E-state index contributed by atoms with van der Waals surface area (Å²) in [5, 5.41) is 4.01. The van der Waals surface area contributed by atoms with Crippen LogP contribution in [0.5, 0.6) is 0 Å². The smallest absolute Gasteiger partial charge is 0.257 e. The molecule has 0 aliphatic carbocycles. The van der Waals surface area contributed by atoms with E-state index in [-0.39, 0.29) is 5.91 Å². The molecular formula is C15H12ClN3OS. The summed E-state index contributed by atoms with van der Waals surface area (Å²) in [7, 11) is 0. The fourth-order valence-corrected chi connectivity index (χ4v) is 3.17. The second-order valence-corrected chi connectivity index (χ2v) is 5.91. The van der Waals surface area contributed by atoms with Gasteiger partial charge in [0.15, 0.2) is 5.13 Å². The van der Waals surface area contributed by atoms with E-state index >= 15 is 0 Å². The van der Waals surface area contributed by atoms with Crippen LogP contribution in [0.2, 0.25) is 5.02 Å². The number of rotatable bonds is 3. The zero-order valence-electron chi connectivity index (χ0n) is 11.0. The van der Waals surface area contributed by atoms with Crippen LogP contribution in [0.3, 0.4) is 0 Å². The molecule has 0 radical (unpaired) electrons. The molecule has 6 heteroatoms. The van der Waals surface area contributed by atoms with Gasteiger partial charge in [0.1, 0.15) is 0 Å². The molecule has 1 heterocycles. The van der Waals surface area contributed by atoms with Crippen LogP contribution in [0, 0.1) is 0 Å². The second-order valence-electron chi connectivity index (χ2n) is 4.45. The Bertz CT molecular complexity index is 816. The molecule has 3 rings (SSSR count). The van der Waals surface area contributed by atoms with Crippen molar-refractivity contribution < 1.29 is 4.79 Å². The lowest BCUT2D eigenvalue weighted by atomic mass is 10.1. The minimum Gasteiger partial charge on any atom is -0.326 e. The number of fused-ring (bicyclic) bond motifs is 1. The first-order chi connectivity index (χ1) is 10.2. The van der Waals surface area contributed by atoms with Crippen molar-refractivity contribution in [1.82, 2.24) is 4.98 Å². The Kier molecular flexibility index (Phi) is 3.88. The number of aromatic nitrogens is 1. The summed E-state index contributed by atoms with van der Waals surface area (Å²) in [4.78, 5) is 16.7. The zero-order chi connectivity index (χ0) is 14.8. The van der Waals surface area contributed by atoms with Gasteiger partial charge in [-0.05, 0) is 29.8 Å². The van der Waals surface area contributed by atoms with Gasteiger partial charge >= 0.3 is 0 Å². The Morgan fingerprint density at radius 2 is 2.10 bits per heavy atom. The van der Waals surface area contributed by atoms with Gasteiger partial charge in [0, 0.05) is 17.1 Å². The zero-order valence-corrected chi connectivity index (χ0v) is 12.5. The number of thiazole rings is 1. The van der Waals surface area contributed by atoms with Crippen LogP contribution in [0.15, 0.2) is 42.5 Å². The van der Waals surface area contributed by atoms with Gasteiger partial charge in [-0.25, -0.2) is 4.98 Å². The van der Waals surface area contributed by atoms with Crippen molar-refractivity contribution in [1.29, 1.82) is 0 Å². The van der Waals surface area contributed by atoms with E-state index < -0.39 is 0 Å². The van der Waals surface area contributed by atoms with E-state index in [0.29, 0.717) is 22.3 Å². The van der Waals surface area contributed by atoms with Crippen molar-refractivity contribution in [2.75, 3.05) is 5.32 Å². The average molecular weight is 318 g/mol. The molecule has 0 aliphatic heterocycles. The molecule has 0 spiro atoms. The number of nitrogens with two attached hydrogens (primary N) is 1. The van der Waals surface area contributed by atoms with Gasteiger partial charge in [-0.15, -0.1) is 0 Å². The van der Waals surface area contributed by atoms with Gasteiger partial charge < -0.3 is 5.73 Å². The third-order valence-corrected chi connectivity index (χ3v) is 4.22. The monoisotopic (exact) mass is 317 g/mol. The summed E-state index contributed by atoms with van der Waals surface area (Å²) in [6.07, 6.45) is 0. The summed E-state index contributed by atoms with van der Waals surface area (Å²) in [5.74, 6) is -0.207. The molecule has 21 heavy (non-hydrogen) atoms. The molecule has 4 nitrogen and oxygen atoms in total. The molecule has 0 bridgehead atoms. The van der Waals surface area contributed by atoms with Gasteiger partial charge in [0.25, 0.3) is 5.91 Å². The third-order valence-electron chi connectivity index (χ3n) is 3.05. The molecule has 0 saturated heterocycles. The first-order valence-corrected chi connectivity index (χ1v) is 7.52. The molecule has 106 valence electrons. The van der Waals surface area contributed by atoms with Crippen LogP contribution in [0.4, 0.5) is 5.13 Å². The quantitative estimate of drug-likeness (QED) is 0.774. The van der Waals surface area contributed by atoms with Gasteiger partial charge in [-0.1, -0.05) is 41.1 Å². The first kappa shape index (κ1) is 14.0. The van der Waals surface area contributed by atoms with Gasteiger partial charge in [-0.3, -0.25) is 10.1 Å². The summed E-state index contributed by atoms with van der Waals surface area (Å²) in [6, 6.07) is 12.7. The highest BCUT2D eigenvalue weighted by atomic mass is 35.5. The molecule has 0 saturated carbocycles. The number of nitrogens with zero attached hydrogens (tertiary/aromatic N) is 1. The molecule has 0 atom stereocenters. The van der Waals surface area contributed by atoms with Crippen LogP contribution >= 0.6 is 22.9 Å². The third kappa shape index (κ3) is 2.90. The van der Waals surface area contributed by atoms with Crippen LogP contribution < -0.4 is 11.1 Å². The van der Waals surface area contributed by atoms with E-state index in [1.54, 1.807) is 12.1 Å². The van der Waals surface area contributed by atoms with Crippen LogP contribution in [-0.2, 0) is 6.54 Å². The number of amides is 1. The fraction of sp³-hybridized carbons (Fsp3) is 0.0667. The van der Waals surface area contributed by atoms with Gasteiger partial charge in [0.2, 0.25) is 0 Å². The highest BCUT2D eigenvalue weighted by Gasteiger charge is 2.12. The van der Waals surface area contributed by atoms with Crippen LogP contribution in [0.25, 0.3) is 10.2 Å². The number of nitrogens with one attached hydrogen (secondary N) is 1. The number of hydrogen-bond acceptors (Lipinski definition) is 4. The standard InChI is InChI=1S/C15H12ClN3OS/c16-10-5-6-12-13(7-10)21-15(18-12)19-14(20)11-4-2-1-3-9(11)8-17/h1-7H,8,17H2,(H,18,19,20). The molecule has 0 fully saturated rings. The highest BCUT2D eigenvalue weighted by molar-refractivity contribution is 7.22. The number of benzene rings is 2. The van der Waals surface area contributed by atoms with Crippen molar-refractivity contribution in [2.45, 2.75) is 6.54 Å². The van der Waals surface area contributed by atoms with E-state index in [4.69, 9.17) is 17.3 Å². The van der Waals surface area contributed by atoms with Crippen LogP contribution in [0.1, 0.15) is 15.9 Å². The maximum atomic E-state index is 12.3. The maximum Gasteiger partial charge on any atom is 0.257 e. The SMILES string of the molecule is NCc1ccccc1C(=O)Nc1nc2ccc(Cl)cc2s1. The van der Waals surface area contributed by atoms with Crippen molar-refractivity contribution in [2.24, 2.45) is 5.73 Å². The first-order valence-electron chi connectivity index (χ1n) is 6.33. The molecule has 0 aliphatic rings. The summed E-state index contributed by atoms with van der Waals surface area (Å²) in [6.45, 7) is 0.318. The predicted molar refractivity (Wildman–Crippen MR) is 86.9 cm³/mol. The molecule has 3 aromatic rings. The molecule has 3 N–H and O–H groups in total. The molecular weight excluding hydrogens is 306 g/mol. The lowest BCUT2D eigenvalue weighted by molar-refractivity contribution is 0.102. The topological polar surface area (TPSA) is 68.0 Å². The maximum absolute atomic E-state index is 12.3. The van der Waals surface area contributed by atoms with E-state index in [1.807, 2.05) is 30.3 Å². The molecule has 1 aromatic heterocycles. The van der Waals surface area contributed by atoms with Crippen molar-refractivity contribution in [3.05, 3.63) is 58.6 Å². The molecule has 2 aromatic carbocycles. The summed E-state index contributed by atoms with van der Waals surface area (Å²) < 4.78 is 0.935. The van der Waals surface area contributed by atoms with E-state index in [9.17, 15) is 4.79 Å². The Morgan fingerprint density at radius 3 is 2.90 bits per heavy atom. The van der Waals surface area contributed by atoms with Crippen molar-refractivity contribution >= 4 is 44.2 Å². The lowest BCUT2D eigenvalue weighted by Gasteiger charge is -2.06. The number of halogens is 1. The number of carbonyl (C=O) groups excluding carboxylic acids is 1. The number of anilines is 1. The second kappa shape index (κ2) is 5.81. The summed E-state index contributed by atoms with van der Waals surface area (Å²) >= 11 is 7.34. The van der Waals surface area contributed by atoms with Crippen molar-refractivity contribution in [3.8, 4) is 0 Å². The van der Waals surface area contributed by atoms with E-state index in [2.05, 4.69) is 10.3 Å². The minimum absolute atomic E-state index is 0.207. The van der Waals surface area contributed by atoms with Crippen molar-refractivity contribution in [3.63, 3.8) is 0 Å². The van der Waals surface area contributed by atoms with E-state index in [1.165, 1.54) is 11.3 Å². The highest BCUT2D eigenvalue weighted by Crippen LogP contribution is 2.28. The molecule has 0 unspecified atom stereocenters. The Balaban J connectivity index is 1.89. The van der Waals surface area contributed by atoms with Crippen LogP contribution in [-0.4, -0.2) is 10.9 Å². The van der Waals surface area contributed by atoms with E-state index in [0.717, 1.165) is 15.8 Å². The normalized spacial score (nSPS) is 10.8. The molecule has 1 amide bonds.